The molecule has 0 radical (unpaired) electrons. The monoisotopic (exact) mass is 324 g/mol. The lowest BCUT2D eigenvalue weighted by Gasteiger charge is -2.34. The maximum Gasteiger partial charge on any atom is 0.193 e. The molecule has 0 aromatic carbocycles. The van der Waals surface area contributed by atoms with Gasteiger partial charge >= 0.3 is 0 Å². The zero-order valence-corrected chi connectivity index (χ0v) is 15.0. The van der Waals surface area contributed by atoms with Crippen LogP contribution in [0.15, 0.2) is 9.52 Å². The average molecular weight is 324 g/mol. The fraction of sp³-hybridized carbons (Fsp3) is 0.750. The molecule has 1 aromatic rings. The van der Waals surface area contributed by atoms with Gasteiger partial charge in [-0.1, -0.05) is 12.1 Å². The number of guanidine groups is 1. The summed E-state index contributed by atoms with van der Waals surface area (Å²) in [5, 5.41) is 8.24. The number of aromatic nitrogens is 1. The summed E-state index contributed by atoms with van der Waals surface area (Å²) in [6.07, 6.45) is 3.28. The van der Waals surface area contributed by atoms with E-state index < -0.39 is 0 Å². The molecule has 1 N–H and O–H groups in total. The first kappa shape index (κ1) is 17.2. The van der Waals surface area contributed by atoms with Gasteiger partial charge in [0.1, 0.15) is 5.76 Å². The van der Waals surface area contributed by atoms with Gasteiger partial charge < -0.3 is 14.7 Å². The Hall–Kier alpha value is -1.17. The summed E-state index contributed by atoms with van der Waals surface area (Å²) in [7, 11) is 1.87. The minimum atomic E-state index is 0.731. The summed E-state index contributed by atoms with van der Waals surface area (Å²) in [4.78, 5) is 6.83. The molecule has 22 heavy (non-hydrogen) atoms. The van der Waals surface area contributed by atoms with Crippen molar-refractivity contribution in [1.29, 1.82) is 0 Å². The van der Waals surface area contributed by atoms with Gasteiger partial charge in [-0.25, -0.2) is 0 Å². The number of aliphatic imine (C=N–C) groups is 1. The van der Waals surface area contributed by atoms with E-state index in [-0.39, 0.29) is 0 Å². The van der Waals surface area contributed by atoms with E-state index in [9.17, 15) is 0 Å². The van der Waals surface area contributed by atoms with Crippen LogP contribution in [0.4, 0.5) is 0 Å². The molecule has 124 valence electrons. The van der Waals surface area contributed by atoms with E-state index in [0.717, 1.165) is 55.1 Å². The van der Waals surface area contributed by atoms with Gasteiger partial charge in [-0.05, 0) is 33.1 Å². The van der Waals surface area contributed by atoms with Crippen LogP contribution in [0.2, 0.25) is 0 Å². The maximum atomic E-state index is 5.21. The molecular weight excluding hydrogens is 296 g/mol. The Bertz CT molecular complexity index is 481. The molecule has 0 aliphatic carbocycles. The van der Waals surface area contributed by atoms with E-state index in [2.05, 4.69) is 39.1 Å². The second-order valence-electron chi connectivity index (χ2n) is 5.73. The van der Waals surface area contributed by atoms with E-state index in [0.29, 0.717) is 0 Å². The molecule has 1 aliphatic rings. The fourth-order valence-electron chi connectivity index (χ4n) is 2.82. The highest BCUT2D eigenvalue weighted by molar-refractivity contribution is 8.00. The maximum absolute atomic E-state index is 5.21. The molecule has 0 amide bonds. The highest BCUT2D eigenvalue weighted by Crippen LogP contribution is 2.21. The lowest BCUT2D eigenvalue weighted by Crippen LogP contribution is -2.48. The Morgan fingerprint density at radius 3 is 2.95 bits per heavy atom. The van der Waals surface area contributed by atoms with Crippen molar-refractivity contribution in [1.82, 2.24) is 15.4 Å². The first-order valence-electron chi connectivity index (χ1n) is 8.14. The first-order chi connectivity index (χ1) is 10.7. The topological polar surface area (TPSA) is 53.7 Å². The second-order valence-corrected chi connectivity index (χ2v) is 7.14. The molecule has 5 nitrogen and oxygen atoms in total. The molecule has 2 rings (SSSR count). The highest BCUT2D eigenvalue weighted by Gasteiger charge is 2.21. The van der Waals surface area contributed by atoms with E-state index in [4.69, 9.17) is 4.52 Å². The van der Waals surface area contributed by atoms with Crippen molar-refractivity contribution in [3.05, 3.63) is 17.0 Å². The van der Waals surface area contributed by atoms with Gasteiger partial charge in [0, 0.05) is 43.2 Å². The highest BCUT2D eigenvalue weighted by atomic mass is 32.2. The van der Waals surface area contributed by atoms with Gasteiger partial charge in [0.2, 0.25) is 0 Å². The zero-order valence-electron chi connectivity index (χ0n) is 14.2. The van der Waals surface area contributed by atoms with Crippen molar-refractivity contribution in [2.45, 2.75) is 45.3 Å². The van der Waals surface area contributed by atoms with Crippen LogP contribution >= 0.6 is 11.8 Å². The standard InChI is InChI=1S/C16H28N4OS/c1-5-14-11-20(9-10-22-14)16(17-4)18-8-6-7-15-12(2)19-21-13(15)3/h14H,5-11H2,1-4H3,(H,17,18). The van der Waals surface area contributed by atoms with Gasteiger partial charge in [-0.3, -0.25) is 4.99 Å². The Balaban J connectivity index is 1.77. The SMILES string of the molecule is CCC1CN(C(=NC)NCCCc2c(C)noc2C)CCS1. The Morgan fingerprint density at radius 1 is 1.50 bits per heavy atom. The molecular formula is C16H28N4OS. The first-order valence-corrected chi connectivity index (χ1v) is 9.19. The van der Waals surface area contributed by atoms with Crippen molar-refractivity contribution in [3.63, 3.8) is 0 Å². The number of nitrogens with one attached hydrogen (secondary N) is 1. The Morgan fingerprint density at radius 2 is 2.32 bits per heavy atom. The summed E-state index contributed by atoms with van der Waals surface area (Å²) in [6, 6.07) is 0. The van der Waals surface area contributed by atoms with Crippen molar-refractivity contribution < 1.29 is 4.52 Å². The van der Waals surface area contributed by atoms with Crippen LogP contribution in [0.25, 0.3) is 0 Å². The van der Waals surface area contributed by atoms with Crippen molar-refractivity contribution in [3.8, 4) is 0 Å². The molecule has 0 bridgehead atoms. The molecule has 1 saturated heterocycles. The second kappa shape index (κ2) is 8.46. The van der Waals surface area contributed by atoms with Crippen LogP contribution in [-0.2, 0) is 6.42 Å². The summed E-state index contributed by atoms with van der Waals surface area (Å²) in [5.74, 6) is 3.18. The summed E-state index contributed by atoms with van der Waals surface area (Å²) >= 11 is 2.08. The van der Waals surface area contributed by atoms with Gasteiger partial charge in [0.25, 0.3) is 0 Å². The third-order valence-electron chi connectivity index (χ3n) is 4.17. The van der Waals surface area contributed by atoms with Gasteiger partial charge in [0.15, 0.2) is 5.96 Å². The molecule has 2 heterocycles. The molecule has 1 aromatic heterocycles. The van der Waals surface area contributed by atoms with E-state index >= 15 is 0 Å². The third-order valence-corrected chi connectivity index (χ3v) is 5.55. The summed E-state index contributed by atoms with van der Waals surface area (Å²) in [6.45, 7) is 9.38. The van der Waals surface area contributed by atoms with E-state index in [1.807, 2.05) is 20.9 Å². The van der Waals surface area contributed by atoms with Crippen LogP contribution in [0.5, 0.6) is 0 Å². The van der Waals surface area contributed by atoms with E-state index in [1.54, 1.807) is 0 Å². The predicted octanol–water partition coefficient (Wildman–Crippen LogP) is 2.63. The van der Waals surface area contributed by atoms with Crippen LogP contribution in [-0.4, -0.2) is 53.7 Å². The van der Waals surface area contributed by atoms with E-state index in [1.165, 1.54) is 17.7 Å². The predicted molar refractivity (Wildman–Crippen MR) is 93.8 cm³/mol. The molecule has 0 saturated carbocycles. The normalized spacial score (nSPS) is 19.5. The quantitative estimate of drug-likeness (QED) is 0.513. The number of nitrogens with zero attached hydrogens (tertiary/aromatic N) is 3. The number of hydrogen-bond donors (Lipinski definition) is 1. The van der Waals surface area contributed by atoms with Crippen molar-refractivity contribution in [2.75, 3.05) is 32.4 Å². The minimum absolute atomic E-state index is 0.731. The number of thioether (sulfide) groups is 1. The number of hydrogen-bond acceptors (Lipinski definition) is 4. The van der Waals surface area contributed by atoms with Gasteiger partial charge in [-0.2, -0.15) is 11.8 Å². The lowest BCUT2D eigenvalue weighted by atomic mass is 10.1. The molecule has 0 spiro atoms. The zero-order chi connectivity index (χ0) is 15.9. The smallest absolute Gasteiger partial charge is 0.193 e. The van der Waals surface area contributed by atoms with Crippen LogP contribution in [0.1, 0.15) is 36.8 Å². The molecule has 1 fully saturated rings. The minimum Gasteiger partial charge on any atom is -0.361 e. The Labute approximate surface area is 137 Å². The van der Waals surface area contributed by atoms with Crippen LogP contribution in [0, 0.1) is 13.8 Å². The van der Waals surface area contributed by atoms with Crippen molar-refractivity contribution in [2.24, 2.45) is 4.99 Å². The van der Waals surface area contributed by atoms with Gasteiger partial charge in [0.05, 0.1) is 5.69 Å². The van der Waals surface area contributed by atoms with Gasteiger partial charge in [-0.15, -0.1) is 0 Å². The summed E-state index contributed by atoms with van der Waals surface area (Å²) < 4.78 is 5.21. The third kappa shape index (κ3) is 4.41. The molecule has 1 unspecified atom stereocenters. The molecule has 1 aliphatic heterocycles. The van der Waals surface area contributed by atoms with Crippen LogP contribution < -0.4 is 5.32 Å². The number of aryl methyl sites for hydroxylation is 2. The molecule has 1 atom stereocenters. The largest absolute Gasteiger partial charge is 0.361 e. The fourth-order valence-corrected chi connectivity index (χ4v) is 4.00. The Kier molecular flexibility index (Phi) is 6.61. The van der Waals surface area contributed by atoms with Crippen LogP contribution in [0.3, 0.4) is 0 Å². The molecule has 6 heteroatoms. The number of rotatable bonds is 5. The summed E-state index contributed by atoms with van der Waals surface area (Å²) in [5.41, 5.74) is 2.26. The van der Waals surface area contributed by atoms with Crippen molar-refractivity contribution >= 4 is 17.7 Å². The average Bonchev–Trinajstić information content (AvgIpc) is 2.86. The lowest BCUT2D eigenvalue weighted by molar-refractivity contribution is 0.392.